The van der Waals surface area contributed by atoms with E-state index in [1.807, 2.05) is 0 Å². The molecule has 0 aromatic carbocycles. The number of rotatable bonds is 23. The van der Waals surface area contributed by atoms with Crippen LogP contribution in [0.2, 0.25) is 0 Å². The normalized spacial score (nSPS) is 13.0. The molecule has 4 N–H and O–H groups in total. The molecule has 5 heteroatoms. The number of carboxylic acids is 1. The summed E-state index contributed by atoms with van der Waals surface area (Å²) in [5.74, 6) is -1.16. The molecule has 0 aliphatic rings. The van der Waals surface area contributed by atoms with Crippen LogP contribution in [0.5, 0.6) is 0 Å². The Morgan fingerprint density at radius 3 is 1.53 bits per heavy atom. The number of hydrogen-bond donors (Lipinski definition) is 2. The highest BCUT2D eigenvalue weighted by Crippen LogP contribution is 2.14. The van der Waals surface area contributed by atoms with Gasteiger partial charge in [0.05, 0.1) is 18.6 Å². The Balaban J connectivity index is 0. The van der Waals surface area contributed by atoms with Crippen molar-refractivity contribution in [2.24, 2.45) is 5.92 Å². The Labute approximate surface area is 187 Å². The van der Waals surface area contributed by atoms with Gasteiger partial charge in [-0.2, -0.15) is 0 Å². The largest absolute Gasteiger partial charge is 0.481 e. The monoisotopic (exact) mass is 431 g/mol. The molecule has 0 aliphatic carbocycles. The van der Waals surface area contributed by atoms with Crippen LogP contribution in [0.25, 0.3) is 0 Å². The molecule has 2 unspecified atom stereocenters. The van der Waals surface area contributed by atoms with Gasteiger partial charge in [0.2, 0.25) is 0 Å². The number of ether oxygens (including phenoxy) is 2. The number of aliphatic carboxylic acids is 1. The van der Waals surface area contributed by atoms with Crippen molar-refractivity contribution in [3.63, 3.8) is 0 Å². The quantitative estimate of drug-likeness (QED) is 0.163. The van der Waals surface area contributed by atoms with Gasteiger partial charge in [0.1, 0.15) is 0 Å². The van der Waals surface area contributed by atoms with Crippen LogP contribution in [0.15, 0.2) is 0 Å². The van der Waals surface area contributed by atoms with Gasteiger partial charge in [-0.1, -0.05) is 110 Å². The Hall–Kier alpha value is -0.650. The first kappa shape index (κ1) is 31.5. The zero-order valence-corrected chi connectivity index (χ0v) is 20.5. The third kappa shape index (κ3) is 22.0. The molecular weight excluding hydrogens is 378 g/mol. The van der Waals surface area contributed by atoms with Crippen molar-refractivity contribution >= 4 is 5.97 Å². The van der Waals surface area contributed by atoms with Gasteiger partial charge in [-0.25, -0.2) is 0 Å². The number of hydrogen-bond acceptors (Lipinski definition) is 4. The molecule has 0 heterocycles. The first-order chi connectivity index (χ1) is 14.1. The van der Waals surface area contributed by atoms with E-state index in [9.17, 15) is 4.79 Å². The number of unbranched alkanes of at least 4 members (excludes halogenated alkanes) is 15. The minimum Gasteiger partial charge on any atom is -0.481 e. The molecule has 0 fully saturated rings. The Kier molecular flexibility index (Phi) is 25.9. The summed E-state index contributed by atoms with van der Waals surface area (Å²) in [5, 5.41) is 8.96. The summed E-state index contributed by atoms with van der Waals surface area (Å²) in [6, 6.07) is 0. The summed E-state index contributed by atoms with van der Waals surface area (Å²) >= 11 is 0. The molecule has 30 heavy (non-hydrogen) atoms. The van der Waals surface area contributed by atoms with Crippen LogP contribution in [-0.2, 0) is 14.3 Å². The predicted molar refractivity (Wildman–Crippen MR) is 128 cm³/mol. The minimum absolute atomic E-state index is 0. The molecule has 0 bridgehead atoms. The van der Waals surface area contributed by atoms with Crippen molar-refractivity contribution in [3.8, 4) is 0 Å². The van der Waals surface area contributed by atoms with E-state index in [1.165, 1.54) is 96.3 Å². The van der Waals surface area contributed by atoms with E-state index < -0.39 is 5.97 Å². The minimum atomic E-state index is -0.773. The van der Waals surface area contributed by atoms with Crippen LogP contribution in [0.4, 0.5) is 0 Å². The molecule has 0 aromatic heterocycles. The molecule has 0 saturated carbocycles. The van der Waals surface area contributed by atoms with Gasteiger partial charge < -0.3 is 20.7 Å². The molecule has 0 aliphatic heterocycles. The van der Waals surface area contributed by atoms with Crippen molar-refractivity contribution in [1.82, 2.24) is 6.15 Å². The van der Waals surface area contributed by atoms with Gasteiger partial charge in [-0.15, -0.1) is 0 Å². The van der Waals surface area contributed by atoms with Gasteiger partial charge in [0.25, 0.3) is 0 Å². The number of methoxy groups -OCH3 is 1. The average Bonchev–Trinajstić information content (AvgIpc) is 2.71. The zero-order chi connectivity index (χ0) is 21.6. The fourth-order valence-corrected chi connectivity index (χ4v) is 3.69. The van der Waals surface area contributed by atoms with Crippen molar-refractivity contribution in [2.75, 3.05) is 20.3 Å². The summed E-state index contributed by atoms with van der Waals surface area (Å²) < 4.78 is 11.0. The lowest BCUT2D eigenvalue weighted by Crippen LogP contribution is -2.24. The van der Waals surface area contributed by atoms with Gasteiger partial charge in [0.15, 0.2) is 0 Å². The maximum absolute atomic E-state index is 10.9. The molecule has 0 rings (SSSR count). The zero-order valence-electron chi connectivity index (χ0n) is 20.5. The first-order valence-electron chi connectivity index (χ1n) is 12.4. The van der Waals surface area contributed by atoms with E-state index in [2.05, 4.69) is 6.92 Å². The fourth-order valence-electron chi connectivity index (χ4n) is 3.69. The van der Waals surface area contributed by atoms with E-state index in [0.717, 1.165) is 13.0 Å². The van der Waals surface area contributed by atoms with Crippen LogP contribution >= 0.6 is 0 Å². The summed E-state index contributed by atoms with van der Waals surface area (Å²) in [7, 11) is 1.62. The van der Waals surface area contributed by atoms with E-state index in [1.54, 1.807) is 14.0 Å². The topological polar surface area (TPSA) is 90.8 Å². The predicted octanol–water partition coefficient (Wildman–Crippen LogP) is 7.55. The third-order valence-electron chi connectivity index (χ3n) is 5.82. The highest BCUT2D eigenvalue weighted by molar-refractivity contribution is 5.69. The van der Waals surface area contributed by atoms with Crippen LogP contribution in [0.1, 0.15) is 123 Å². The average molecular weight is 432 g/mol. The fraction of sp³-hybridized carbons (Fsp3) is 0.960. The van der Waals surface area contributed by atoms with Crippen molar-refractivity contribution in [1.29, 1.82) is 0 Å². The molecule has 0 aromatic rings. The lowest BCUT2D eigenvalue weighted by Gasteiger charge is -2.17. The molecular formula is C25H53NO4. The third-order valence-corrected chi connectivity index (χ3v) is 5.82. The first-order valence-corrected chi connectivity index (χ1v) is 12.4. The van der Waals surface area contributed by atoms with Crippen LogP contribution in [0.3, 0.4) is 0 Å². The summed E-state index contributed by atoms with van der Waals surface area (Å²) in [6.07, 6.45) is 22.3. The van der Waals surface area contributed by atoms with Gasteiger partial charge in [-0.05, 0) is 12.8 Å². The Morgan fingerprint density at radius 1 is 0.767 bits per heavy atom. The molecule has 182 valence electrons. The van der Waals surface area contributed by atoms with Gasteiger partial charge >= 0.3 is 5.97 Å². The number of carbonyl (C=O) groups is 1. The molecule has 2 atom stereocenters. The molecule has 0 spiro atoms. The second-order valence-corrected chi connectivity index (χ2v) is 8.71. The summed E-state index contributed by atoms with van der Waals surface area (Å²) in [4.78, 5) is 10.9. The van der Waals surface area contributed by atoms with E-state index in [-0.39, 0.29) is 18.2 Å². The van der Waals surface area contributed by atoms with Crippen LogP contribution in [0, 0.1) is 5.92 Å². The lowest BCUT2D eigenvalue weighted by molar-refractivity contribution is -0.142. The highest BCUT2D eigenvalue weighted by Gasteiger charge is 2.17. The van der Waals surface area contributed by atoms with Gasteiger partial charge in [-0.3, -0.25) is 4.79 Å². The molecule has 0 radical (unpaired) electrons. The van der Waals surface area contributed by atoms with Crippen molar-refractivity contribution < 1.29 is 19.4 Å². The summed E-state index contributed by atoms with van der Waals surface area (Å²) in [5.41, 5.74) is 0. The Morgan fingerprint density at radius 2 is 1.17 bits per heavy atom. The van der Waals surface area contributed by atoms with E-state index in [0.29, 0.717) is 13.0 Å². The Bertz CT molecular complexity index is 352. The van der Waals surface area contributed by atoms with Crippen LogP contribution < -0.4 is 6.15 Å². The second kappa shape index (κ2) is 24.6. The molecule has 0 amide bonds. The van der Waals surface area contributed by atoms with Crippen molar-refractivity contribution in [3.05, 3.63) is 0 Å². The van der Waals surface area contributed by atoms with Crippen LogP contribution in [-0.4, -0.2) is 37.5 Å². The molecule has 0 saturated heterocycles. The standard InChI is InChI=1S/C25H50O4.H3N/c1-4-5-6-7-8-9-10-11-12-13-14-15-16-17-18-19-20-29-22-24(28-3)21-23(2)25(26)27;/h23-24H,4-22H2,1-3H3,(H,26,27);1H3. The lowest BCUT2D eigenvalue weighted by atomic mass is 10.0. The maximum Gasteiger partial charge on any atom is 0.306 e. The maximum atomic E-state index is 10.9. The second-order valence-electron chi connectivity index (χ2n) is 8.71. The smallest absolute Gasteiger partial charge is 0.306 e. The highest BCUT2D eigenvalue weighted by atomic mass is 16.5. The van der Waals surface area contributed by atoms with E-state index in [4.69, 9.17) is 14.6 Å². The SMILES string of the molecule is CCCCCCCCCCCCCCCCCCOCC(CC(C)C(=O)O)OC.N. The molecule has 5 nitrogen and oxygen atoms in total. The van der Waals surface area contributed by atoms with Crippen molar-refractivity contribution in [2.45, 2.75) is 129 Å². The summed E-state index contributed by atoms with van der Waals surface area (Å²) in [6.45, 7) is 5.23. The van der Waals surface area contributed by atoms with E-state index >= 15 is 0 Å². The van der Waals surface area contributed by atoms with Gasteiger partial charge in [0, 0.05) is 13.7 Å². The number of carboxylic acid groups (broad SMARTS) is 1.